The molecule has 54 heteroatoms. The van der Waals surface area contributed by atoms with Gasteiger partial charge in [0.05, 0.1) is 56.5 Å². The number of nitrogens with one attached hydrogen (secondary N) is 5. The molecular formula is C78H107ClF12N12O25S4. The van der Waals surface area contributed by atoms with Crippen LogP contribution < -0.4 is 33.3 Å². The zero-order valence-electron chi connectivity index (χ0n) is 72.6. The lowest BCUT2D eigenvalue weighted by Gasteiger charge is -2.26. The average Bonchev–Trinajstić information content (AvgIpc) is 1.60. The molecule has 4 aromatic heterocycles. The molecule has 0 radical (unpaired) electrons. The van der Waals surface area contributed by atoms with E-state index >= 15 is 0 Å². The van der Waals surface area contributed by atoms with Gasteiger partial charge in [0.15, 0.2) is 61.4 Å². The van der Waals surface area contributed by atoms with Crippen molar-refractivity contribution in [3.8, 4) is 0 Å². The van der Waals surface area contributed by atoms with Gasteiger partial charge in [-0.3, -0.25) is 67.0 Å². The Labute approximate surface area is 771 Å². The Kier molecular flexibility index (Phi) is 41.5. The summed E-state index contributed by atoms with van der Waals surface area (Å²) in [5.41, 5.74) is 7.45. The highest BCUT2D eigenvalue weighted by molar-refractivity contribution is 7.71. The summed E-state index contributed by atoms with van der Waals surface area (Å²) in [5.74, 6) is -13.0. The first-order valence-corrected chi connectivity index (χ1v) is 41.6. The van der Waals surface area contributed by atoms with Crippen LogP contribution in [0.1, 0.15) is 152 Å². The lowest BCUT2D eigenvalue weighted by atomic mass is 10.1. The second kappa shape index (κ2) is 47.8. The summed E-state index contributed by atoms with van der Waals surface area (Å²) in [4.78, 5) is 103. The molecule has 132 heavy (non-hydrogen) atoms. The fraction of sp³-hybridized carbons (Fsp3) is 0.641. The van der Waals surface area contributed by atoms with Crippen LogP contribution in [0.4, 0.5) is 52.7 Å². The summed E-state index contributed by atoms with van der Waals surface area (Å²) in [6.45, 7) is 23.7. The average molecular weight is 2000 g/mol. The molecule has 7 aliphatic heterocycles. The number of nitrogens with zero attached hydrogens (tertiary/aromatic N) is 6. The van der Waals surface area contributed by atoms with E-state index in [0.717, 1.165) is 10.8 Å². The van der Waals surface area contributed by atoms with Crippen molar-refractivity contribution in [3.63, 3.8) is 0 Å². The number of halogens is 13. The van der Waals surface area contributed by atoms with Crippen molar-refractivity contribution in [1.82, 2.24) is 53.3 Å². The third-order valence-corrected chi connectivity index (χ3v) is 20.7. The number of amides is 2. The van der Waals surface area contributed by atoms with Crippen molar-refractivity contribution in [3.05, 3.63) is 154 Å². The molecule has 7 saturated heterocycles. The van der Waals surface area contributed by atoms with E-state index in [9.17, 15) is 122 Å². The van der Waals surface area contributed by atoms with Crippen molar-refractivity contribution in [2.45, 2.75) is 270 Å². The minimum Gasteiger partial charge on any atom is -0.394 e. The van der Waals surface area contributed by atoms with E-state index in [2.05, 4.69) is 30.0 Å². The van der Waals surface area contributed by atoms with Crippen LogP contribution >= 0.6 is 60.5 Å². The molecule has 7 aliphatic rings. The lowest BCUT2D eigenvalue weighted by Crippen LogP contribution is -2.42. The molecule has 0 aliphatic carbocycles. The Morgan fingerprint density at radius 2 is 0.735 bits per heavy atom. The largest absolute Gasteiger partial charge is 0.491 e. The molecule has 0 spiro atoms. The molecule has 37 nitrogen and oxygen atoms in total. The summed E-state index contributed by atoms with van der Waals surface area (Å²) < 4.78 is 212. The Balaban J connectivity index is 0.000000293. The molecule has 4 unspecified atom stereocenters. The van der Waals surface area contributed by atoms with E-state index in [-0.39, 0.29) is 87.5 Å². The summed E-state index contributed by atoms with van der Waals surface area (Å²) in [6.07, 6.45) is -21.3. The van der Waals surface area contributed by atoms with Crippen LogP contribution in [0.3, 0.4) is 0 Å². The van der Waals surface area contributed by atoms with E-state index in [1.807, 2.05) is 53.7 Å². The van der Waals surface area contributed by atoms with Crippen LogP contribution in [0.5, 0.6) is 0 Å². The molecule has 0 aromatic carbocycles. The predicted molar refractivity (Wildman–Crippen MR) is 452 cm³/mol. The van der Waals surface area contributed by atoms with Gasteiger partial charge in [0.25, 0.3) is 22.2 Å². The maximum atomic E-state index is 13.1. The van der Waals surface area contributed by atoms with Gasteiger partial charge < -0.3 is 104 Å². The monoisotopic (exact) mass is 2000 g/mol. The van der Waals surface area contributed by atoms with Crippen LogP contribution in [0, 0.1) is 19.1 Å². The van der Waals surface area contributed by atoms with E-state index in [4.69, 9.17) is 114 Å². The lowest BCUT2D eigenvalue weighted by molar-refractivity contribution is -0.221. The first-order chi connectivity index (χ1) is 60.5. The molecule has 11 rings (SSSR count). The fourth-order valence-electron chi connectivity index (χ4n) is 13.2. The maximum Gasteiger partial charge on any atom is 0.491 e. The first kappa shape index (κ1) is 115. The van der Waals surface area contributed by atoms with Gasteiger partial charge in [0.2, 0.25) is 0 Å². The highest BCUT2D eigenvalue weighted by atomic mass is 35.5. The molecule has 7 fully saturated rings. The highest BCUT2D eigenvalue weighted by Crippen LogP contribution is 2.46. The zero-order chi connectivity index (χ0) is 99.2. The van der Waals surface area contributed by atoms with Crippen LogP contribution in [0.15, 0.2) is 90.6 Å². The molecule has 4 aromatic rings. The number of nitrogens with two attached hydrogens (primary N) is 1. The van der Waals surface area contributed by atoms with Crippen LogP contribution in [-0.4, -0.2) is 270 Å². The van der Waals surface area contributed by atoms with Gasteiger partial charge in [-0.25, -0.2) is 9.59 Å². The van der Waals surface area contributed by atoms with E-state index in [1.165, 1.54) is 34.1 Å². The van der Waals surface area contributed by atoms with E-state index < -0.39 is 195 Å². The second-order valence-corrected chi connectivity index (χ2v) is 33.9. The summed E-state index contributed by atoms with van der Waals surface area (Å²) in [7, 11) is 0. The zero-order valence-corrected chi connectivity index (χ0v) is 76.6. The molecule has 744 valence electrons. The number of ether oxygens (including phenoxy) is 11. The quantitative estimate of drug-likeness (QED) is 0.00681. The number of carbonyl (C=O) groups is 4. The molecule has 0 bridgehead atoms. The van der Waals surface area contributed by atoms with Gasteiger partial charge in [0.1, 0.15) is 73.2 Å². The van der Waals surface area contributed by atoms with Gasteiger partial charge in [-0.15, -0.1) is 11.6 Å². The number of aliphatic hydroxyl groups is 6. The number of aromatic amines is 4. The molecule has 2 amide bonds. The van der Waals surface area contributed by atoms with Crippen molar-refractivity contribution < 1.29 is 155 Å². The normalized spacial score (nSPS) is 25.0. The van der Waals surface area contributed by atoms with Crippen molar-refractivity contribution in [2.24, 2.45) is 5.73 Å². The van der Waals surface area contributed by atoms with Crippen molar-refractivity contribution >= 4 is 84.2 Å². The number of alkyl halides is 13. The number of hydrogen-bond donors (Lipinski definition) is 12. The minimum atomic E-state index is -5.62. The number of esters is 2. The number of hydrogen-bond acceptors (Lipinski definition) is 31. The Hall–Kier alpha value is -7.83. The predicted octanol–water partition coefficient (Wildman–Crippen LogP) is 7.70. The fourth-order valence-corrected chi connectivity index (χ4v) is 14.4. The van der Waals surface area contributed by atoms with Gasteiger partial charge >= 0.3 is 48.5 Å². The Bertz CT molecular complexity index is 5270. The van der Waals surface area contributed by atoms with Gasteiger partial charge in [0, 0.05) is 68.6 Å². The standard InChI is InChI=1S/C20H26F3N3O6S.C18H27N3O5S.C17H22F3N3O6S.C13H17ClN2O5S.C5H11N.C4F6O3.CH4/c1-10(2)5-6-25(17(29)20(21,22)23)7-11-8-26(18(33)24-15(11)28)16-14-13(12(9-27)30-16)31-19(3,4)32-14;1-10(2)5-6-19-7-11-8-21(17(27)20-15(11)23)16-14-13(12(9-22)24-16)25-18(3,4)26-14;1-8(2)3-4-22(15(28)17(18,19)20)5-9-6-23(16(30)21-13(9)27)14-12(26)11(25)10(7-24)29-14;1-13(2)20-8-7(5-17)19-11(9(8)21-13)16-4-6(3-14)10(18)15-12(16)22;1-5(2)3-4-6;5-3(6,7)1(11)13-2(12)4(8,9)10;/h5,8,12-14,16,27H,6-7,9H2,1-4H3,(H,24,28,33);5,8,12-14,16,19,22H,6-7,9H2,1-4H3,(H,20,23,27);3,6,10-12,14,24-26H,4-5,7H2,1-2H3,(H,21,27,30);4,7-9,11,17H,3,5H2,1-2H3,(H,15,18,22);3H,4,6H2,1-2H3;;1H4/t2*12-,13?,14+,16-;10-,11?,12+,14-;7-,8?,9+,11-;;;/m1111.../s1. The Morgan fingerprint density at radius 1 is 0.455 bits per heavy atom. The van der Waals surface area contributed by atoms with Crippen LogP contribution in [0.25, 0.3) is 0 Å². The van der Waals surface area contributed by atoms with Gasteiger partial charge in [-0.1, -0.05) is 54.0 Å². The Morgan fingerprint density at radius 3 is 1.01 bits per heavy atom. The van der Waals surface area contributed by atoms with Crippen molar-refractivity contribution in [1.29, 1.82) is 0 Å². The molecule has 13 N–H and O–H groups in total. The number of H-pyrrole nitrogens is 4. The number of rotatable bonds is 22. The van der Waals surface area contributed by atoms with Crippen molar-refractivity contribution in [2.75, 3.05) is 52.6 Å². The number of fused-ring (bicyclic) bond motifs is 3. The van der Waals surface area contributed by atoms with Gasteiger partial charge in [-0.2, -0.15) is 52.7 Å². The van der Waals surface area contributed by atoms with E-state index in [1.54, 1.807) is 76.9 Å². The third-order valence-electron chi connectivity index (χ3n) is 19.2. The minimum absolute atomic E-state index is 0. The smallest absolute Gasteiger partial charge is 0.394 e. The van der Waals surface area contributed by atoms with Crippen LogP contribution in [-0.2, 0) is 96.8 Å². The van der Waals surface area contributed by atoms with Crippen LogP contribution in [0.2, 0.25) is 0 Å². The number of allylic oxidation sites excluding steroid dienone is 4. The molecule has 11 heterocycles. The topological polar surface area (TPSA) is 487 Å². The number of aliphatic hydroxyl groups excluding tert-OH is 6. The summed E-state index contributed by atoms with van der Waals surface area (Å²) in [6, 6.07) is 0. The molecule has 16 atom stereocenters. The highest BCUT2D eigenvalue weighted by Gasteiger charge is 2.59. The SMILES string of the molecule is C.CC(C)=CCN.CC(C)=CCN(Cc1cn([C@@H]2O[C@H](CO)C(O)[C@@H]2O)c(=S)[nH]c1=O)C(=O)C(F)(F)F.CC(C)=CCN(Cc1cn([C@@H]2O[C@H](CO)C3OC(C)(C)O[C@@H]32)c(=S)[nH]c1=O)C(=O)C(F)(F)F.CC(C)=CCNCc1cn([C@@H]2O[C@H](CO)C3OC(C)(C)O[C@@H]32)c(=S)[nH]c1=O.CC1(C)OC2[C@@H](CO)O[C@@H](n3cc(CCl)c(=O)[nH]c3=S)[C@H]2O1.O=C(OC(=O)C(F)(F)F)C(F)(F)F. The molecule has 0 saturated carbocycles. The van der Waals surface area contributed by atoms with E-state index in [0.29, 0.717) is 51.7 Å². The number of aromatic nitrogens is 8. The molecular weight excluding hydrogens is 1900 g/mol. The third kappa shape index (κ3) is 31.1. The van der Waals surface area contributed by atoms with Gasteiger partial charge in [-0.05, 0) is 146 Å². The maximum absolute atomic E-state index is 13.1. The number of carbonyl (C=O) groups excluding carboxylic acids is 4. The summed E-state index contributed by atoms with van der Waals surface area (Å²) in [5, 5.41) is 61.2. The first-order valence-electron chi connectivity index (χ1n) is 39.5. The summed E-state index contributed by atoms with van der Waals surface area (Å²) >= 11 is 26.6. The second-order valence-electron chi connectivity index (χ2n) is 32.1.